The largest absolute Gasteiger partial charge is 0.481 e. The van der Waals surface area contributed by atoms with Crippen molar-refractivity contribution < 1.29 is 85.6 Å². The summed E-state index contributed by atoms with van der Waals surface area (Å²) in [5.74, 6) is -1.42. The Balaban J connectivity index is 1.51. The molecule has 0 radical (unpaired) electrons. The van der Waals surface area contributed by atoms with Crippen molar-refractivity contribution in [3.05, 3.63) is 12.7 Å². The topological polar surface area (TPSA) is 410 Å². The minimum Gasteiger partial charge on any atom is -0.386 e. The van der Waals surface area contributed by atoms with E-state index in [9.17, 15) is 63.0 Å². The maximum atomic E-state index is 12.6. The number of phosphoric acid groups is 3. The number of nitrogens with two attached hydrogens (primary N) is 2. The van der Waals surface area contributed by atoms with Gasteiger partial charge in [-0.15, -0.1) is 0 Å². The third-order valence-corrected chi connectivity index (χ3v) is 11.3. The number of thioether (sulfide) groups is 1. The number of aromatic nitrogens is 4. The summed E-state index contributed by atoms with van der Waals surface area (Å²) in [6.07, 6.45) is -8.37. The Labute approximate surface area is 309 Å². The predicted molar refractivity (Wildman–Crippen MR) is 182 cm³/mol. The number of fused-ring (bicyclic) bond motifs is 1. The van der Waals surface area contributed by atoms with Crippen LogP contribution in [0.1, 0.15) is 26.5 Å². The Morgan fingerprint density at radius 1 is 1.06 bits per heavy atom. The zero-order valence-corrected chi connectivity index (χ0v) is 31.9. The molecule has 1 saturated heterocycles. The normalized spacial score (nSPS) is 22.6. The highest BCUT2D eigenvalue weighted by Crippen LogP contribution is 2.61. The molecule has 0 bridgehead atoms. The molecule has 0 spiro atoms. The quantitative estimate of drug-likeness (QED) is 0.0440. The Hall–Kier alpha value is -2.52. The molecule has 26 nitrogen and oxygen atoms in total. The van der Waals surface area contributed by atoms with Crippen LogP contribution in [0.25, 0.3) is 11.2 Å². The van der Waals surface area contributed by atoms with Crippen LogP contribution in [-0.4, -0.2) is 140 Å². The van der Waals surface area contributed by atoms with Crippen molar-refractivity contribution in [2.45, 2.75) is 57.0 Å². The number of phosphoric ester groups is 3. The summed E-state index contributed by atoms with van der Waals surface area (Å²) in [4.78, 5) is 86.8. The van der Waals surface area contributed by atoms with E-state index in [-0.39, 0.29) is 48.8 Å². The Bertz CT molecular complexity index is 1780. The van der Waals surface area contributed by atoms with Crippen molar-refractivity contribution in [3.63, 3.8) is 0 Å². The number of amides is 2. The van der Waals surface area contributed by atoms with Crippen LogP contribution >= 0.6 is 35.2 Å². The summed E-state index contributed by atoms with van der Waals surface area (Å²) in [6.45, 7) is -0.00901. The number of aliphatic hydroxyl groups is 3. The number of nitrogens with one attached hydrogen (secondary N) is 2. The number of hydrogen-bond donors (Lipinski definition) is 11. The molecule has 54 heavy (non-hydrogen) atoms. The maximum absolute atomic E-state index is 12.6. The number of imidazole rings is 1. The van der Waals surface area contributed by atoms with Gasteiger partial charge in [0.05, 0.1) is 19.5 Å². The van der Waals surface area contributed by atoms with Crippen molar-refractivity contribution in [2.75, 3.05) is 44.3 Å². The van der Waals surface area contributed by atoms with Crippen LogP contribution in [0, 0.1) is 5.41 Å². The number of nitrogens with zero attached hydrogens (tertiary/aromatic N) is 4. The van der Waals surface area contributed by atoms with E-state index in [1.807, 2.05) is 0 Å². The highest BCUT2D eigenvalue weighted by atomic mass is 32.2. The lowest BCUT2D eigenvalue weighted by Crippen LogP contribution is -2.46. The molecule has 2 aromatic heterocycles. The van der Waals surface area contributed by atoms with E-state index in [1.54, 1.807) is 0 Å². The summed E-state index contributed by atoms with van der Waals surface area (Å²) in [5, 5.41) is 34.9. The van der Waals surface area contributed by atoms with Gasteiger partial charge < -0.3 is 61.7 Å². The van der Waals surface area contributed by atoms with Crippen LogP contribution in [-0.2, 0) is 50.7 Å². The van der Waals surface area contributed by atoms with Crippen molar-refractivity contribution in [2.24, 2.45) is 11.1 Å². The van der Waals surface area contributed by atoms with Gasteiger partial charge in [-0.2, -0.15) is 4.31 Å². The third-order valence-electron chi connectivity index (χ3n) is 7.24. The summed E-state index contributed by atoms with van der Waals surface area (Å²) >= 11 is 0.773. The minimum atomic E-state index is -5.58. The van der Waals surface area contributed by atoms with Crippen molar-refractivity contribution in [3.8, 4) is 0 Å². The van der Waals surface area contributed by atoms with Gasteiger partial charge in [0.15, 0.2) is 17.7 Å². The molecular weight excluding hydrogens is 813 g/mol. The molecule has 30 heteroatoms. The van der Waals surface area contributed by atoms with Gasteiger partial charge >= 0.3 is 23.5 Å². The summed E-state index contributed by atoms with van der Waals surface area (Å²) in [7, 11) is -16.4. The van der Waals surface area contributed by atoms with Crippen LogP contribution in [0.5, 0.6) is 0 Å². The maximum Gasteiger partial charge on any atom is 0.481 e. The molecule has 3 rings (SSSR count). The number of nitrogen functional groups attached to an aromatic ring is 1. The highest BCUT2D eigenvalue weighted by molar-refractivity contribution is 8.13. The van der Waals surface area contributed by atoms with Gasteiger partial charge in [-0.05, 0) is 0 Å². The monoisotopic (exact) mass is 854 g/mol. The number of anilines is 1. The van der Waals surface area contributed by atoms with Crippen molar-refractivity contribution in [1.29, 1.82) is 0 Å². The first-order valence-corrected chi connectivity index (χ1v) is 20.9. The first-order chi connectivity index (χ1) is 25.0. The first-order valence-electron chi connectivity index (χ1n) is 15.4. The Kier molecular flexibility index (Phi) is 16.2. The molecule has 13 N–H and O–H groups in total. The second-order valence-electron chi connectivity index (χ2n) is 12.0. The van der Waals surface area contributed by atoms with E-state index >= 15 is 0 Å². The smallest absolute Gasteiger partial charge is 0.386 e. The minimum absolute atomic E-state index is 0.0227. The van der Waals surface area contributed by atoms with Gasteiger partial charge in [-0.3, -0.25) is 32.5 Å². The Morgan fingerprint density at radius 2 is 1.72 bits per heavy atom. The fourth-order valence-electron chi connectivity index (χ4n) is 4.47. The lowest BCUT2D eigenvalue weighted by atomic mass is 9.87. The highest BCUT2D eigenvalue weighted by Gasteiger charge is 2.50. The lowest BCUT2D eigenvalue weighted by molar-refractivity contribution is -0.137. The number of ether oxygens (including phenoxy) is 1. The second kappa shape index (κ2) is 19.1. The van der Waals surface area contributed by atoms with Gasteiger partial charge in [-0.25, -0.2) is 28.6 Å². The van der Waals surface area contributed by atoms with Crippen LogP contribution in [0.4, 0.5) is 5.82 Å². The fourth-order valence-corrected chi connectivity index (χ4v) is 8.00. The molecule has 1 fully saturated rings. The van der Waals surface area contributed by atoms with E-state index in [1.165, 1.54) is 13.8 Å². The van der Waals surface area contributed by atoms with Crippen LogP contribution in [0.2, 0.25) is 0 Å². The van der Waals surface area contributed by atoms with Crippen LogP contribution in [0.15, 0.2) is 12.7 Å². The molecular formula is C24H41N8O18P3S. The van der Waals surface area contributed by atoms with Gasteiger partial charge in [-0.1, -0.05) is 25.6 Å². The van der Waals surface area contributed by atoms with Gasteiger partial charge in [0.1, 0.15) is 42.4 Å². The molecule has 2 amide bonds. The van der Waals surface area contributed by atoms with E-state index in [0.717, 1.165) is 29.0 Å². The zero-order valence-electron chi connectivity index (χ0n) is 28.4. The average molecular weight is 855 g/mol. The average Bonchev–Trinajstić information content (AvgIpc) is 3.64. The molecule has 8 atom stereocenters. The number of aliphatic hydroxyl groups excluding tert-OH is 3. The van der Waals surface area contributed by atoms with Crippen molar-refractivity contribution in [1.82, 2.24) is 30.2 Å². The molecule has 4 unspecified atom stereocenters. The van der Waals surface area contributed by atoms with Gasteiger partial charge in [0.2, 0.25) is 16.9 Å². The third kappa shape index (κ3) is 13.3. The van der Waals surface area contributed by atoms with Gasteiger partial charge in [0.25, 0.3) is 0 Å². The summed E-state index contributed by atoms with van der Waals surface area (Å²) in [5.41, 5.74) is 9.40. The lowest BCUT2D eigenvalue weighted by Gasteiger charge is -2.30. The van der Waals surface area contributed by atoms with Gasteiger partial charge in [0, 0.05) is 37.2 Å². The van der Waals surface area contributed by atoms with E-state index < -0.39 is 95.8 Å². The standard InChI is InChI=1S/C24H41N8O18P3S/c1-24(2,18(36)21(37)28-4-3-14(34)27-5-6-54-23(38)12(33)7-25)9-47-53(44,45)50-52(42,43)46-8-13-17(49-51(39,40)41)16(35)22(48-13)32-11-31-15-19(26)29-10-30-20(15)32/h10-13,16-18,22,33,35-36H,3-9,25H2,1-2H3,(H,27,34)(H,28,37)(H,42,43)(H,44,45)(H2,26,29,30)(H2,39,40,41)/t12?,13-,16-,17-,18?,22-/m1/s1. The summed E-state index contributed by atoms with van der Waals surface area (Å²) in [6, 6.07) is 0. The SMILES string of the molecule is CC(C)(COP(=O)(O)OP(=O)(O)OC[C@H]1O[C@@H](n2cnc3c(N)ncnc32)[C@H](O)[C@@H]1OP(=O)(O)O)C(O)C(=O)NCCC(=O)NCCSC(=O)C(O)CN. The zero-order chi connectivity index (χ0) is 40.6. The number of hydrogen-bond acceptors (Lipinski definition) is 20. The van der Waals surface area contributed by atoms with Crippen LogP contribution in [0.3, 0.4) is 0 Å². The second-order valence-corrected chi connectivity index (χ2v) is 17.3. The number of carbonyl (C=O) groups excluding carboxylic acids is 3. The Morgan fingerprint density at radius 3 is 2.37 bits per heavy atom. The molecule has 2 aromatic rings. The molecule has 0 aromatic carbocycles. The fraction of sp³-hybridized carbons (Fsp3) is 0.667. The first kappa shape index (κ1) is 45.9. The van der Waals surface area contributed by atoms with Crippen molar-refractivity contribution >= 4 is 69.1 Å². The molecule has 0 saturated carbocycles. The van der Waals surface area contributed by atoms with E-state index in [4.69, 9.17) is 25.3 Å². The summed E-state index contributed by atoms with van der Waals surface area (Å²) < 4.78 is 61.9. The molecule has 3 heterocycles. The molecule has 0 aliphatic carbocycles. The molecule has 1 aliphatic rings. The predicted octanol–water partition coefficient (Wildman–Crippen LogP) is -3.02. The van der Waals surface area contributed by atoms with E-state index in [0.29, 0.717) is 0 Å². The van der Waals surface area contributed by atoms with E-state index in [2.05, 4.69) is 34.4 Å². The molecule has 1 aliphatic heterocycles. The number of rotatable bonds is 21. The number of carbonyl (C=O) groups is 3. The van der Waals surface area contributed by atoms with Crippen LogP contribution < -0.4 is 22.1 Å². The molecule has 306 valence electrons.